The van der Waals surface area contributed by atoms with E-state index in [4.69, 9.17) is 24.5 Å². The summed E-state index contributed by atoms with van der Waals surface area (Å²) in [4.78, 5) is 35.2. The second-order valence-corrected chi connectivity index (χ2v) is 9.46. The zero-order chi connectivity index (χ0) is 25.8. The number of likely N-dealkylation sites (tertiary alicyclic amines) is 1. The maximum absolute atomic E-state index is 11.9. The molecule has 2 fully saturated rings. The van der Waals surface area contributed by atoms with Gasteiger partial charge in [0.05, 0.1) is 6.61 Å². The molecule has 4 rings (SSSR count). The Morgan fingerprint density at radius 3 is 2.33 bits per heavy atom. The summed E-state index contributed by atoms with van der Waals surface area (Å²) in [6.07, 6.45) is 15.3. The number of hydrogen-bond acceptors (Lipinski definition) is 5. The summed E-state index contributed by atoms with van der Waals surface area (Å²) in [6.45, 7) is 3.65. The zero-order valence-electron chi connectivity index (χ0n) is 20.6. The van der Waals surface area contributed by atoms with Crippen LogP contribution in [0.2, 0.25) is 0 Å². The number of ether oxygens (including phenoxy) is 1. The quantitative estimate of drug-likeness (QED) is 0.486. The van der Waals surface area contributed by atoms with Crippen LogP contribution in [0.4, 0.5) is 0 Å². The van der Waals surface area contributed by atoms with Gasteiger partial charge in [0.25, 0.3) is 5.56 Å². The largest absolute Gasteiger partial charge is 0.493 e. The fourth-order valence-electron chi connectivity index (χ4n) is 4.68. The first-order valence-electron chi connectivity index (χ1n) is 12.7. The van der Waals surface area contributed by atoms with E-state index in [0.717, 1.165) is 56.3 Å². The van der Waals surface area contributed by atoms with Gasteiger partial charge in [0.15, 0.2) is 0 Å². The molecule has 1 saturated carbocycles. The van der Waals surface area contributed by atoms with Gasteiger partial charge < -0.3 is 19.9 Å². The number of aliphatic carboxylic acids is 2. The van der Waals surface area contributed by atoms with Crippen LogP contribution in [0, 0.1) is 11.8 Å². The number of allylic oxidation sites excluding steroid dienone is 1. The number of carboxylic acid groups (broad SMARTS) is 2. The number of rotatable bonds is 7. The number of hydrogen-bond donors (Lipinski definition) is 3. The van der Waals surface area contributed by atoms with Crippen molar-refractivity contribution in [3.05, 3.63) is 70.2 Å². The normalized spacial score (nSPS) is 17.3. The molecule has 0 unspecified atom stereocenters. The summed E-state index contributed by atoms with van der Waals surface area (Å²) < 4.78 is 6.22. The van der Waals surface area contributed by atoms with Gasteiger partial charge in [-0.2, -0.15) is 0 Å². The minimum absolute atomic E-state index is 0.0318. The number of carboxylic acids is 2. The van der Waals surface area contributed by atoms with E-state index in [9.17, 15) is 4.79 Å². The summed E-state index contributed by atoms with van der Waals surface area (Å²) in [6, 6.07) is 12.2. The molecule has 0 bridgehead atoms. The molecule has 0 radical (unpaired) electrons. The summed E-state index contributed by atoms with van der Waals surface area (Å²) in [5, 5.41) is 14.8. The van der Waals surface area contributed by atoms with Gasteiger partial charge in [-0.15, -0.1) is 0 Å². The summed E-state index contributed by atoms with van der Waals surface area (Å²) in [5.41, 5.74) is 2.08. The van der Waals surface area contributed by atoms with Crippen LogP contribution in [0.25, 0.3) is 6.08 Å². The van der Waals surface area contributed by atoms with Crippen LogP contribution in [-0.2, 0) is 16.1 Å². The van der Waals surface area contributed by atoms with Gasteiger partial charge in [0, 0.05) is 23.9 Å². The molecule has 8 nitrogen and oxygen atoms in total. The molecule has 1 aromatic carbocycles. The standard InChI is InChI=1S/C26H34N2O2.C2H2O4/c29-26-24(10-6-16-27-26)19-28-17-14-21(15-18-28)12-13-23-9-4-5-11-25(23)30-20-22-7-2-1-3-8-22;3-1(4)2(5)6/h4-6,9-13,16,21-22H,1-3,7-8,14-15,17-20H2,(H,27,29);(H,3,4)(H,5,6)/b13-12+;. The van der Waals surface area contributed by atoms with Crippen molar-refractivity contribution < 1.29 is 24.5 Å². The third kappa shape index (κ3) is 9.00. The van der Waals surface area contributed by atoms with Gasteiger partial charge in [0.1, 0.15) is 5.75 Å². The number of aromatic amines is 1. The maximum Gasteiger partial charge on any atom is 0.414 e. The molecule has 3 N–H and O–H groups in total. The number of piperidine rings is 1. The van der Waals surface area contributed by atoms with E-state index in [1.54, 1.807) is 6.20 Å². The first-order valence-corrected chi connectivity index (χ1v) is 12.7. The van der Waals surface area contributed by atoms with E-state index in [1.165, 1.54) is 37.7 Å². The molecule has 8 heteroatoms. The number of carbonyl (C=O) groups is 2. The maximum atomic E-state index is 11.9. The molecule has 2 aliphatic rings. The number of nitrogens with one attached hydrogen (secondary N) is 1. The Labute approximate surface area is 211 Å². The van der Waals surface area contributed by atoms with Crippen molar-refractivity contribution >= 4 is 18.0 Å². The summed E-state index contributed by atoms with van der Waals surface area (Å²) in [5.74, 6) is -1.33. The van der Waals surface area contributed by atoms with Crippen molar-refractivity contribution in [1.82, 2.24) is 9.88 Å². The molecule has 1 aliphatic heterocycles. The predicted molar refractivity (Wildman–Crippen MR) is 138 cm³/mol. The molecule has 1 saturated heterocycles. The Morgan fingerprint density at radius 1 is 0.972 bits per heavy atom. The van der Waals surface area contributed by atoms with E-state index >= 15 is 0 Å². The Hall–Kier alpha value is -3.39. The molecular weight excluding hydrogens is 460 g/mol. The second kappa shape index (κ2) is 14.2. The average Bonchev–Trinajstić information content (AvgIpc) is 2.90. The van der Waals surface area contributed by atoms with Gasteiger partial charge in [0.2, 0.25) is 0 Å². The first-order chi connectivity index (χ1) is 17.4. The van der Waals surface area contributed by atoms with E-state index in [0.29, 0.717) is 5.92 Å². The van der Waals surface area contributed by atoms with Gasteiger partial charge in [-0.25, -0.2) is 9.59 Å². The lowest BCUT2D eigenvalue weighted by molar-refractivity contribution is -0.159. The van der Waals surface area contributed by atoms with Crippen LogP contribution in [-0.4, -0.2) is 51.7 Å². The molecular formula is C28H36N2O6. The Morgan fingerprint density at radius 2 is 1.67 bits per heavy atom. The Balaban J connectivity index is 0.000000538. The van der Waals surface area contributed by atoms with Crippen molar-refractivity contribution in [2.24, 2.45) is 11.8 Å². The zero-order valence-corrected chi connectivity index (χ0v) is 20.6. The van der Waals surface area contributed by atoms with Crippen LogP contribution < -0.4 is 10.3 Å². The van der Waals surface area contributed by atoms with E-state index in [2.05, 4.69) is 46.3 Å². The minimum atomic E-state index is -1.82. The number of para-hydroxylation sites is 1. The van der Waals surface area contributed by atoms with Gasteiger partial charge >= 0.3 is 11.9 Å². The molecule has 0 spiro atoms. The summed E-state index contributed by atoms with van der Waals surface area (Å²) >= 11 is 0. The average molecular weight is 497 g/mol. The fraction of sp³-hybridized carbons (Fsp3) is 0.464. The van der Waals surface area contributed by atoms with Crippen molar-refractivity contribution in [2.45, 2.75) is 51.5 Å². The van der Waals surface area contributed by atoms with Gasteiger partial charge in [-0.3, -0.25) is 9.69 Å². The van der Waals surface area contributed by atoms with Crippen LogP contribution in [0.3, 0.4) is 0 Å². The van der Waals surface area contributed by atoms with E-state index in [-0.39, 0.29) is 5.56 Å². The topological polar surface area (TPSA) is 120 Å². The van der Waals surface area contributed by atoms with Crippen molar-refractivity contribution in [3.8, 4) is 5.75 Å². The molecule has 2 heterocycles. The number of pyridine rings is 1. The fourth-order valence-corrected chi connectivity index (χ4v) is 4.68. The lowest BCUT2D eigenvalue weighted by Gasteiger charge is -2.30. The Bertz CT molecular complexity index is 1050. The second-order valence-electron chi connectivity index (χ2n) is 9.46. The van der Waals surface area contributed by atoms with E-state index < -0.39 is 11.9 Å². The lowest BCUT2D eigenvalue weighted by atomic mass is 9.90. The third-order valence-corrected chi connectivity index (χ3v) is 6.78. The first kappa shape index (κ1) is 27.2. The number of benzene rings is 1. The van der Waals surface area contributed by atoms with Crippen molar-refractivity contribution in [1.29, 1.82) is 0 Å². The monoisotopic (exact) mass is 496 g/mol. The molecule has 36 heavy (non-hydrogen) atoms. The smallest absolute Gasteiger partial charge is 0.414 e. The molecule has 2 aromatic rings. The van der Waals surface area contributed by atoms with Crippen molar-refractivity contribution in [3.63, 3.8) is 0 Å². The number of H-pyrrole nitrogens is 1. The highest BCUT2D eigenvalue weighted by Crippen LogP contribution is 2.27. The predicted octanol–water partition coefficient (Wildman–Crippen LogP) is 4.42. The highest BCUT2D eigenvalue weighted by Gasteiger charge is 2.18. The van der Waals surface area contributed by atoms with E-state index in [1.807, 2.05) is 12.1 Å². The van der Waals surface area contributed by atoms with Gasteiger partial charge in [-0.1, -0.05) is 55.7 Å². The number of aromatic nitrogens is 1. The van der Waals surface area contributed by atoms with Crippen molar-refractivity contribution in [2.75, 3.05) is 19.7 Å². The lowest BCUT2D eigenvalue weighted by Crippen LogP contribution is -2.34. The number of nitrogens with zero attached hydrogens (tertiary/aromatic N) is 1. The molecule has 1 aromatic heterocycles. The highest BCUT2D eigenvalue weighted by molar-refractivity contribution is 6.27. The van der Waals surface area contributed by atoms with Crippen LogP contribution in [0.15, 0.2) is 53.5 Å². The minimum Gasteiger partial charge on any atom is -0.493 e. The summed E-state index contributed by atoms with van der Waals surface area (Å²) in [7, 11) is 0. The highest BCUT2D eigenvalue weighted by atomic mass is 16.5. The van der Waals surface area contributed by atoms with Crippen LogP contribution >= 0.6 is 0 Å². The van der Waals surface area contributed by atoms with Gasteiger partial charge in [-0.05, 0) is 62.7 Å². The van der Waals surface area contributed by atoms with Crippen LogP contribution in [0.1, 0.15) is 56.1 Å². The molecule has 0 amide bonds. The SMILES string of the molecule is O=C(O)C(=O)O.O=c1[nH]cccc1CN1CCC(/C=C/c2ccccc2OCC2CCCCC2)CC1. The molecule has 0 atom stereocenters. The van der Waals surface area contributed by atoms with Crippen LogP contribution in [0.5, 0.6) is 5.75 Å². The molecule has 194 valence electrons. The Kier molecular flexibility index (Phi) is 10.8. The third-order valence-electron chi connectivity index (χ3n) is 6.78. The molecule has 1 aliphatic carbocycles.